The standard InChI is InChI=1S/C10H12BrNO/c1-12(2)6-9-5-8(7-13)3-4-10(9)11/h3-5,7H,6H2,1-2H3. The van der Waals surface area contributed by atoms with Crippen molar-refractivity contribution in [3.05, 3.63) is 33.8 Å². The van der Waals surface area contributed by atoms with Crippen LogP contribution in [0.15, 0.2) is 22.7 Å². The fourth-order valence-corrected chi connectivity index (χ4v) is 1.50. The second-order valence-electron chi connectivity index (χ2n) is 3.21. The number of aldehydes is 1. The summed E-state index contributed by atoms with van der Waals surface area (Å²) >= 11 is 3.45. The SMILES string of the molecule is CN(C)Cc1cc(C=O)ccc1Br. The zero-order valence-corrected chi connectivity index (χ0v) is 9.34. The van der Waals surface area contributed by atoms with Gasteiger partial charge in [0.05, 0.1) is 0 Å². The summed E-state index contributed by atoms with van der Waals surface area (Å²) in [6.45, 7) is 0.836. The number of nitrogens with zero attached hydrogens (tertiary/aromatic N) is 1. The minimum absolute atomic E-state index is 0.722. The first-order chi connectivity index (χ1) is 6.13. The lowest BCUT2D eigenvalue weighted by Crippen LogP contribution is -2.11. The van der Waals surface area contributed by atoms with Crippen LogP contribution >= 0.6 is 15.9 Å². The summed E-state index contributed by atoms with van der Waals surface area (Å²) in [6.07, 6.45) is 0.867. The van der Waals surface area contributed by atoms with Crippen LogP contribution in [0.2, 0.25) is 0 Å². The van der Waals surface area contributed by atoms with Gasteiger partial charge < -0.3 is 4.90 Å². The maximum atomic E-state index is 10.5. The van der Waals surface area contributed by atoms with E-state index in [4.69, 9.17) is 0 Å². The van der Waals surface area contributed by atoms with Gasteiger partial charge in [-0.05, 0) is 31.8 Å². The molecule has 0 heterocycles. The van der Waals surface area contributed by atoms with Gasteiger partial charge in [-0.15, -0.1) is 0 Å². The molecule has 1 rings (SSSR count). The highest BCUT2D eigenvalue weighted by Gasteiger charge is 2.02. The number of hydrogen-bond acceptors (Lipinski definition) is 2. The molecule has 0 aromatic heterocycles. The van der Waals surface area contributed by atoms with Crippen LogP contribution < -0.4 is 0 Å². The Labute approximate surface area is 86.7 Å². The zero-order valence-electron chi connectivity index (χ0n) is 7.75. The number of hydrogen-bond donors (Lipinski definition) is 0. The van der Waals surface area contributed by atoms with Crippen LogP contribution in [-0.2, 0) is 6.54 Å². The Morgan fingerprint density at radius 3 is 2.69 bits per heavy atom. The molecule has 0 atom stereocenters. The Morgan fingerprint density at radius 1 is 1.46 bits per heavy atom. The molecule has 70 valence electrons. The second kappa shape index (κ2) is 4.53. The largest absolute Gasteiger partial charge is 0.305 e. The van der Waals surface area contributed by atoms with Crippen LogP contribution in [0, 0.1) is 0 Å². The van der Waals surface area contributed by atoms with E-state index in [0.717, 1.165) is 28.4 Å². The van der Waals surface area contributed by atoms with Gasteiger partial charge in [0, 0.05) is 16.6 Å². The van der Waals surface area contributed by atoms with Crippen molar-refractivity contribution in [3.63, 3.8) is 0 Å². The van der Waals surface area contributed by atoms with E-state index >= 15 is 0 Å². The molecule has 1 aromatic carbocycles. The third kappa shape index (κ3) is 2.94. The van der Waals surface area contributed by atoms with Crippen LogP contribution in [0.1, 0.15) is 15.9 Å². The molecule has 0 aliphatic carbocycles. The third-order valence-corrected chi connectivity index (χ3v) is 2.47. The van der Waals surface area contributed by atoms with Crippen molar-refractivity contribution in [1.29, 1.82) is 0 Å². The number of carbonyl (C=O) groups excluding carboxylic acids is 1. The minimum Gasteiger partial charge on any atom is -0.305 e. The van der Waals surface area contributed by atoms with Gasteiger partial charge in [-0.25, -0.2) is 0 Å². The van der Waals surface area contributed by atoms with Crippen molar-refractivity contribution in [2.75, 3.05) is 14.1 Å². The van der Waals surface area contributed by atoms with E-state index in [1.54, 1.807) is 6.07 Å². The maximum absolute atomic E-state index is 10.5. The highest BCUT2D eigenvalue weighted by Crippen LogP contribution is 2.18. The van der Waals surface area contributed by atoms with E-state index < -0.39 is 0 Å². The van der Waals surface area contributed by atoms with Gasteiger partial charge in [-0.1, -0.05) is 22.0 Å². The van der Waals surface area contributed by atoms with Crippen LogP contribution in [0.3, 0.4) is 0 Å². The van der Waals surface area contributed by atoms with Crippen LogP contribution in [0.25, 0.3) is 0 Å². The monoisotopic (exact) mass is 241 g/mol. The first kappa shape index (κ1) is 10.4. The van der Waals surface area contributed by atoms with Crippen LogP contribution in [0.5, 0.6) is 0 Å². The topological polar surface area (TPSA) is 20.3 Å². The normalized spacial score (nSPS) is 10.5. The molecular weight excluding hydrogens is 230 g/mol. The van der Waals surface area contributed by atoms with Gasteiger partial charge in [0.1, 0.15) is 6.29 Å². The van der Waals surface area contributed by atoms with E-state index in [2.05, 4.69) is 20.8 Å². The van der Waals surface area contributed by atoms with Crippen molar-refractivity contribution in [2.24, 2.45) is 0 Å². The predicted octanol–water partition coefficient (Wildman–Crippen LogP) is 2.32. The molecule has 1 aromatic rings. The molecule has 0 saturated heterocycles. The number of carbonyl (C=O) groups is 1. The second-order valence-corrected chi connectivity index (χ2v) is 4.06. The van der Waals surface area contributed by atoms with E-state index in [1.807, 2.05) is 26.2 Å². The lowest BCUT2D eigenvalue weighted by molar-refractivity contribution is 0.112. The molecule has 0 saturated carbocycles. The molecule has 0 spiro atoms. The van der Waals surface area contributed by atoms with Gasteiger partial charge in [0.15, 0.2) is 0 Å². The molecule has 0 fully saturated rings. The first-order valence-corrected chi connectivity index (χ1v) is 4.81. The van der Waals surface area contributed by atoms with E-state index in [9.17, 15) is 4.79 Å². The van der Waals surface area contributed by atoms with Crippen LogP contribution in [0.4, 0.5) is 0 Å². The van der Waals surface area contributed by atoms with Crippen molar-refractivity contribution in [3.8, 4) is 0 Å². The van der Waals surface area contributed by atoms with Crippen molar-refractivity contribution in [1.82, 2.24) is 4.90 Å². The Morgan fingerprint density at radius 2 is 2.15 bits per heavy atom. The molecule has 0 amide bonds. The van der Waals surface area contributed by atoms with Crippen molar-refractivity contribution >= 4 is 22.2 Å². The Hall–Kier alpha value is -0.670. The van der Waals surface area contributed by atoms with Gasteiger partial charge in [0.25, 0.3) is 0 Å². The molecule has 2 nitrogen and oxygen atoms in total. The summed E-state index contributed by atoms with van der Waals surface area (Å²) in [5.41, 5.74) is 1.86. The van der Waals surface area contributed by atoms with Gasteiger partial charge in [-0.3, -0.25) is 4.79 Å². The fourth-order valence-electron chi connectivity index (χ4n) is 1.13. The van der Waals surface area contributed by atoms with Gasteiger partial charge in [0.2, 0.25) is 0 Å². The summed E-state index contributed by atoms with van der Waals surface area (Å²) in [7, 11) is 4.00. The summed E-state index contributed by atoms with van der Waals surface area (Å²) in [5, 5.41) is 0. The predicted molar refractivity (Wildman–Crippen MR) is 56.9 cm³/mol. The molecule has 0 radical (unpaired) electrons. The van der Waals surface area contributed by atoms with E-state index in [1.165, 1.54) is 0 Å². The van der Waals surface area contributed by atoms with E-state index in [0.29, 0.717) is 0 Å². The fraction of sp³-hybridized carbons (Fsp3) is 0.300. The molecule has 0 bridgehead atoms. The Bertz CT molecular complexity index is 310. The van der Waals surface area contributed by atoms with Crippen molar-refractivity contribution in [2.45, 2.75) is 6.54 Å². The number of benzene rings is 1. The summed E-state index contributed by atoms with van der Waals surface area (Å²) in [4.78, 5) is 12.6. The van der Waals surface area contributed by atoms with Gasteiger partial charge in [-0.2, -0.15) is 0 Å². The maximum Gasteiger partial charge on any atom is 0.150 e. The Kier molecular flexibility index (Phi) is 3.63. The quantitative estimate of drug-likeness (QED) is 0.758. The number of rotatable bonds is 3. The summed E-state index contributed by atoms with van der Waals surface area (Å²) < 4.78 is 1.05. The molecule has 0 N–H and O–H groups in total. The number of halogens is 1. The highest BCUT2D eigenvalue weighted by molar-refractivity contribution is 9.10. The molecule has 13 heavy (non-hydrogen) atoms. The summed E-state index contributed by atoms with van der Waals surface area (Å²) in [5.74, 6) is 0. The van der Waals surface area contributed by atoms with Crippen LogP contribution in [-0.4, -0.2) is 25.3 Å². The lowest BCUT2D eigenvalue weighted by Gasteiger charge is -2.11. The van der Waals surface area contributed by atoms with Gasteiger partial charge >= 0.3 is 0 Å². The van der Waals surface area contributed by atoms with Crippen molar-refractivity contribution < 1.29 is 4.79 Å². The first-order valence-electron chi connectivity index (χ1n) is 4.02. The molecule has 3 heteroatoms. The zero-order chi connectivity index (χ0) is 9.84. The Balaban J connectivity index is 2.96. The lowest BCUT2D eigenvalue weighted by atomic mass is 10.1. The molecular formula is C10H12BrNO. The smallest absolute Gasteiger partial charge is 0.150 e. The van der Waals surface area contributed by atoms with E-state index in [-0.39, 0.29) is 0 Å². The average Bonchev–Trinajstić information content (AvgIpc) is 2.08. The third-order valence-electron chi connectivity index (χ3n) is 1.69. The highest BCUT2D eigenvalue weighted by atomic mass is 79.9. The minimum atomic E-state index is 0.722. The summed E-state index contributed by atoms with van der Waals surface area (Å²) in [6, 6.07) is 5.61. The molecule has 0 unspecified atom stereocenters. The molecule has 0 aliphatic rings. The molecule has 0 aliphatic heterocycles. The average molecular weight is 242 g/mol.